The summed E-state index contributed by atoms with van der Waals surface area (Å²) in [6, 6.07) is 0. The van der Waals surface area contributed by atoms with E-state index in [1.54, 1.807) is 0 Å². The third-order valence-electron chi connectivity index (χ3n) is 1.78. The molecule has 2 unspecified atom stereocenters. The molecule has 0 aromatic rings. The molecule has 10 heavy (non-hydrogen) atoms. The van der Waals surface area contributed by atoms with Crippen molar-refractivity contribution in [2.24, 2.45) is 5.92 Å². The van der Waals surface area contributed by atoms with Gasteiger partial charge in [-0.25, -0.2) is 0 Å². The van der Waals surface area contributed by atoms with Crippen molar-refractivity contribution in [2.45, 2.75) is 38.2 Å². The molecule has 60 valence electrons. The molecule has 1 saturated heterocycles. The zero-order valence-electron chi connectivity index (χ0n) is 6.64. The van der Waals surface area contributed by atoms with Gasteiger partial charge in [-0.3, -0.25) is 0 Å². The van der Waals surface area contributed by atoms with Gasteiger partial charge in [0.05, 0.1) is 18.1 Å². The summed E-state index contributed by atoms with van der Waals surface area (Å²) in [5.41, 5.74) is 0. The van der Waals surface area contributed by atoms with Crippen molar-refractivity contribution in [2.75, 3.05) is 6.61 Å². The van der Waals surface area contributed by atoms with Crippen molar-refractivity contribution in [3.63, 3.8) is 0 Å². The van der Waals surface area contributed by atoms with E-state index in [-0.39, 0.29) is 5.38 Å². The van der Waals surface area contributed by atoms with E-state index in [1.807, 2.05) is 0 Å². The Morgan fingerprint density at radius 1 is 1.50 bits per heavy atom. The van der Waals surface area contributed by atoms with E-state index in [0.717, 1.165) is 18.9 Å². The first-order valence-corrected chi connectivity index (χ1v) is 4.39. The molecule has 1 rings (SSSR count). The summed E-state index contributed by atoms with van der Waals surface area (Å²) >= 11 is 6.00. The molecule has 1 aliphatic heterocycles. The molecule has 1 nitrogen and oxygen atoms in total. The molecule has 0 amide bonds. The highest BCUT2D eigenvalue weighted by Crippen LogP contribution is 2.24. The van der Waals surface area contributed by atoms with Crippen molar-refractivity contribution < 1.29 is 4.74 Å². The molecule has 0 spiro atoms. The molecule has 1 aliphatic rings. The molecule has 2 atom stereocenters. The van der Waals surface area contributed by atoms with E-state index >= 15 is 0 Å². The second-order valence-corrected chi connectivity index (χ2v) is 3.92. The molecule has 0 aromatic carbocycles. The molecule has 1 heterocycles. The molecule has 0 aromatic heterocycles. The fraction of sp³-hybridized carbons (Fsp3) is 1.00. The van der Waals surface area contributed by atoms with Crippen LogP contribution in [0.3, 0.4) is 0 Å². The van der Waals surface area contributed by atoms with E-state index in [0.29, 0.717) is 6.10 Å². The van der Waals surface area contributed by atoms with Crippen LogP contribution in [0.1, 0.15) is 26.7 Å². The molecular formula is C8H15ClO. The largest absolute Gasteiger partial charge is 0.372 e. The van der Waals surface area contributed by atoms with Crippen LogP contribution in [0.2, 0.25) is 0 Å². The van der Waals surface area contributed by atoms with Gasteiger partial charge in [0.25, 0.3) is 0 Å². The minimum absolute atomic E-state index is 0.266. The molecule has 0 radical (unpaired) electrons. The standard InChI is InChI=1S/C8H15ClO/c1-6(2)3-4-7(9)8-5-10-8/h6-8H,3-5H2,1-2H3. The van der Waals surface area contributed by atoms with Crippen molar-refractivity contribution in [3.05, 3.63) is 0 Å². The van der Waals surface area contributed by atoms with Crippen LogP contribution in [-0.2, 0) is 4.74 Å². The summed E-state index contributed by atoms with van der Waals surface area (Å²) in [6.45, 7) is 5.32. The topological polar surface area (TPSA) is 12.5 Å². The lowest BCUT2D eigenvalue weighted by Gasteiger charge is -2.07. The summed E-state index contributed by atoms with van der Waals surface area (Å²) in [5.74, 6) is 0.764. The van der Waals surface area contributed by atoms with Crippen LogP contribution in [0, 0.1) is 5.92 Å². The monoisotopic (exact) mass is 162 g/mol. The first-order valence-electron chi connectivity index (χ1n) is 3.96. The molecule has 1 fully saturated rings. The quantitative estimate of drug-likeness (QED) is 0.457. The van der Waals surface area contributed by atoms with Crippen molar-refractivity contribution in [3.8, 4) is 0 Å². The number of hydrogen-bond donors (Lipinski definition) is 0. The lowest BCUT2D eigenvalue weighted by molar-refractivity contribution is 0.386. The van der Waals surface area contributed by atoms with Crippen molar-refractivity contribution in [1.29, 1.82) is 0 Å². The predicted octanol–water partition coefficient (Wildman–Crippen LogP) is 2.43. The lowest BCUT2D eigenvalue weighted by atomic mass is 10.1. The Hall–Kier alpha value is 0.250. The van der Waals surface area contributed by atoms with E-state index in [4.69, 9.17) is 16.3 Å². The molecule has 0 bridgehead atoms. The Bertz CT molecular complexity index is 99.4. The molecule has 0 saturated carbocycles. The van der Waals surface area contributed by atoms with Gasteiger partial charge in [-0.15, -0.1) is 11.6 Å². The first kappa shape index (κ1) is 8.35. The number of alkyl halides is 1. The maximum Gasteiger partial charge on any atom is 0.0972 e. The zero-order chi connectivity index (χ0) is 7.56. The normalized spacial score (nSPS) is 27.0. The van der Waals surface area contributed by atoms with Gasteiger partial charge in [0.15, 0.2) is 0 Å². The summed E-state index contributed by atoms with van der Waals surface area (Å²) < 4.78 is 5.07. The van der Waals surface area contributed by atoms with Crippen LogP contribution >= 0.6 is 11.6 Å². The maximum atomic E-state index is 6.00. The van der Waals surface area contributed by atoms with E-state index in [2.05, 4.69) is 13.8 Å². The second kappa shape index (κ2) is 3.59. The summed E-state index contributed by atoms with van der Waals surface area (Å²) in [6.07, 6.45) is 2.69. The van der Waals surface area contributed by atoms with Crippen LogP contribution in [0.5, 0.6) is 0 Å². The van der Waals surface area contributed by atoms with Gasteiger partial charge in [-0.2, -0.15) is 0 Å². The van der Waals surface area contributed by atoms with Crippen LogP contribution < -0.4 is 0 Å². The van der Waals surface area contributed by atoms with Gasteiger partial charge in [0, 0.05) is 0 Å². The van der Waals surface area contributed by atoms with Crippen LogP contribution in [-0.4, -0.2) is 18.1 Å². The highest BCUT2D eigenvalue weighted by Gasteiger charge is 2.30. The molecule has 0 N–H and O–H groups in total. The van der Waals surface area contributed by atoms with E-state index in [9.17, 15) is 0 Å². The number of rotatable bonds is 4. The zero-order valence-corrected chi connectivity index (χ0v) is 7.40. The second-order valence-electron chi connectivity index (χ2n) is 3.36. The summed E-state index contributed by atoms with van der Waals surface area (Å²) in [4.78, 5) is 0. The first-order chi connectivity index (χ1) is 4.70. The smallest absolute Gasteiger partial charge is 0.0972 e. The Morgan fingerprint density at radius 2 is 2.10 bits per heavy atom. The lowest BCUT2D eigenvalue weighted by Crippen LogP contribution is -2.08. The average molecular weight is 163 g/mol. The summed E-state index contributed by atoms with van der Waals surface area (Å²) in [5, 5.41) is 0.266. The number of hydrogen-bond acceptors (Lipinski definition) is 1. The third kappa shape index (κ3) is 2.89. The van der Waals surface area contributed by atoms with Crippen LogP contribution in [0.25, 0.3) is 0 Å². The minimum atomic E-state index is 0.266. The van der Waals surface area contributed by atoms with Crippen LogP contribution in [0.4, 0.5) is 0 Å². The van der Waals surface area contributed by atoms with Gasteiger partial charge >= 0.3 is 0 Å². The highest BCUT2D eigenvalue weighted by molar-refractivity contribution is 6.21. The van der Waals surface area contributed by atoms with Crippen molar-refractivity contribution >= 4 is 11.6 Å². The summed E-state index contributed by atoms with van der Waals surface area (Å²) in [7, 11) is 0. The van der Waals surface area contributed by atoms with E-state index in [1.165, 1.54) is 6.42 Å². The van der Waals surface area contributed by atoms with Gasteiger partial charge < -0.3 is 4.74 Å². The fourth-order valence-electron chi connectivity index (χ4n) is 0.943. The number of epoxide rings is 1. The molecule has 0 aliphatic carbocycles. The Labute approximate surface area is 67.7 Å². The Morgan fingerprint density at radius 3 is 2.50 bits per heavy atom. The fourth-order valence-corrected chi connectivity index (χ4v) is 1.21. The average Bonchev–Trinajstić information content (AvgIpc) is 2.63. The molecular weight excluding hydrogens is 148 g/mol. The molecule has 2 heteroatoms. The van der Waals surface area contributed by atoms with E-state index < -0.39 is 0 Å². The van der Waals surface area contributed by atoms with Gasteiger partial charge in [0.1, 0.15) is 0 Å². The van der Waals surface area contributed by atoms with Crippen molar-refractivity contribution in [1.82, 2.24) is 0 Å². The van der Waals surface area contributed by atoms with Crippen LogP contribution in [0.15, 0.2) is 0 Å². The number of halogens is 1. The van der Waals surface area contributed by atoms with Gasteiger partial charge in [0.2, 0.25) is 0 Å². The SMILES string of the molecule is CC(C)CCC(Cl)C1CO1. The predicted molar refractivity (Wildman–Crippen MR) is 43.5 cm³/mol. The maximum absolute atomic E-state index is 6.00. The minimum Gasteiger partial charge on any atom is -0.372 e. The Balaban J connectivity index is 2.00. The van der Waals surface area contributed by atoms with Gasteiger partial charge in [-0.05, 0) is 18.8 Å². The highest BCUT2D eigenvalue weighted by atomic mass is 35.5. The van der Waals surface area contributed by atoms with Gasteiger partial charge in [-0.1, -0.05) is 13.8 Å². The number of ether oxygens (including phenoxy) is 1. The Kier molecular flexibility index (Phi) is 2.99. The third-order valence-corrected chi connectivity index (χ3v) is 2.28.